The summed E-state index contributed by atoms with van der Waals surface area (Å²) in [5.41, 5.74) is 0.331. The van der Waals surface area contributed by atoms with Gasteiger partial charge in [-0.2, -0.15) is 13.2 Å². The van der Waals surface area contributed by atoms with Gasteiger partial charge in [-0.25, -0.2) is 13.9 Å². The zero-order valence-electron chi connectivity index (χ0n) is 15.3. The summed E-state index contributed by atoms with van der Waals surface area (Å²) in [6, 6.07) is 6.65. The van der Waals surface area contributed by atoms with Crippen molar-refractivity contribution < 1.29 is 32.3 Å². The van der Waals surface area contributed by atoms with Crippen LogP contribution in [0.2, 0.25) is 0 Å². The van der Waals surface area contributed by atoms with Crippen molar-refractivity contribution in [2.24, 2.45) is 5.16 Å². The predicted octanol–water partition coefficient (Wildman–Crippen LogP) is 5.61. The zero-order valence-corrected chi connectivity index (χ0v) is 17.8. The maximum atomic E-state index is 12.6. The van der Waals surface area contributed by atoms with Gasteiger partial charge in [0.25, 0.3) is 0 Å². The molecule has 0 saturated carbocycles. The lowest BCUT2D eigenvalue weighted by Gasteiger charge is -2.14. The molecule has 12 heteroatoms. The standard InChI is InChI=1S/C16H19F3N2O4S3/c1-4-5-10-24-13(22)11-8-6-7-9-12(11)27-28-21(2)15(23)25-20-14(26-3)16(17,18)19/h6-9H,4-5,10H2,1-3H3. The Morgan fingerprint density at radius 3 is 2.54 bits per heavy atom. The summed E-state index contributed by atoms with van der Waals surface area (Å²) in [5, 5.41) is 1.57. The van der Waals surface area contributed by atoms with Gasteiger partial charge in [-0.15, -0.1) is 11.8 Å². The van der Waals surface area contributed by atoms with Gasteiger partial charge in [-0.1, -0.05) is 30.6 Å². The number of rotatable bonds is 8. The molecule has 0 aliphatic rings. The lowest BCUT2D eigenvalue weighted by atomic mass is 10.2. The summed E-state index contributed by atoms with van der Waals surface area (Å²) >= 11 is 0.320. The van der Waals surface area contributed by atoms with Gasteiger partial charge < -0.3 is 4.74 Å². The number of carbonyl (C=O) groups excluding carboxylic acids is 2. The van der Waals surface area contributed by atoms with Gasteiger partial charge in [0.15, 0.2) is 0 Å². The number of unbranched alkanes of at least 4 members (excludes halogenated alkanes) is 1. The summed E-state index contributed by atoms with van der Waals surface area (Å²) in [5.74, 6) is -0.484. The molecule has 0 atom stereocenters. The molecule has 0 saturated heterocycles. The first-order valence-electron chi connectivity index (χ1n) is 7.95. The first-order valence-corrected chi connectivity index (χ1v) is 11.3. The molecule has 28 heavy (non-hydrogen) atoms. The Balaban J connectivity index is 2.67. The molecule has 0 N–H and O–H groups in total. The van der Waals surface area contributed by atoms with Crippen molar-refractivity contribution in [3.05, 3.63) is 29.8 Å². The molecule has 1 aromatic carbocycles. The van der Waals surface area contributed by atoms with Crippen molar-refractivity contribution in [2.45, 2.75) is 30.8 Å². The maximum absolute atomic E-state index is 12.6. The fourth-order valence-corrected chi connectivity index (χ4v) is 3.76. The number of hydrogen-bond donors (Lipinski definition) is 0. The van der Waals surface area contributed by atoms with Gasteiger partial charge in [0, 0.05) is 22.9 Å². The number of carbonyl (C=O) groups is 2. The molecule has 1 rings (SSSR count). The molecule has 0 spiro atoms. The number of benzene rings is 1. The van der Waals surface area contributed by atoms with Gasteiger partial charge in [0.05, 0.1) is 12.2 Å². The first kappa shape index (κ1) is 24.5. The van der Waals surface area contributed by atoms with E-state index in [2.05, 4.69) is 9.99 Å². The highest BCUT2D eigenvalue weighted by Gasteiger charge is 2.36. The van der Waals surface area contributed by atoms with E-state index in [4.69, 9.17) is 4.74 Å². The second-order valence-corrected chi connectivity index (χ2v) is 8.14. The number of alkyl halides is 3. The summed E-state index contributed by atoms with van der Waals surface area (Å²) in [6.07, 6.45) is -2.97. The topological polar surface area (TPSA) is 68.2 Å². The zero-order chi connectivity index (χ0) is 21.2. The number of nitrogens with zero attached hydrogens (tertiary/aromatic N) is 2. The number of thioether (sulfide) groups is 1. The highest BCUT2D eigenvalue weighted by atomic mass is 33.1. The quantitative estimate of drug-likeness (QED) is 0.0736. The summed E-state index contributed by atoms with van der Waals surface area (Å²) in [4.78, 5) is 28.8. The monoisotopic (exact) mass is 456 g/mol. The van der Waals surface area contributed by atoms with E-state index in [1.54, 1.807) is 24.3 Å². The lowest BCUT2D eigenvalue weighted by Crippen LogP contribution is -2.23. The minimum atomic E-state index is -4.70. The average Bonchev–Trinajstić information content (AvgIpc) is 2.65. The second-order valence-electron chi connectivity index (χ2n) is 5.10. The predicted molar refractivity (Wildman–Crippen MR) is 106 cm³/mol. The van der Waals surface area contributed by atoms with E-state index in [1.807, 2.05) is 6.92 Å². The highest BCUT2D eigenvalue weighted by molar-refractivity contribution is 8.76. The van der Waals surface area contributed by atoms with Crippen LogP contribution < -0.4 is 0 Å². The average molecular weight is 457 g/mol. The van der Waals surface area contributed by atoms with E-state index in [-0.39, 0.29) is 0 Å². The van der Waals surface area contributed by atoms with E-state index < -0.39 is 23.3 Å². The Morgan fingerprint density at radius 1 is 1.25 bits per heavy atom. The third-order valence-electron chi connectivity index (χ3n) is 2.98. The van der Waals surface area contributed by atoms with E-state index in [0.29, 0.717) is 28.8 Å². The van der Waals surface area contributed by atoms with Crippen molar-refractivity contribution in [1.82, 2.24) is 4.31 Å². The van der Waals surface area contributed by atoms with Crippen LogP contribution in [-0.2, 0) is 9.57 Å². The number of hydrogen-bond acceptors (Lipinski definition) is 8. The largest absolute Gasteiger partial charge is 0.462 e. The third-order valence-corrected chi connectivity index (χ3v) is 6.09. The molecular formula is C16H19F3N2O4S3. The molecule has 6 nitrogen and oxygen atoms in total. The van der Waals surface area contributed by atoms with Crippen LogP contribution in [0.1, 0.15) is 30.1 Å². The minimum absolute atomic E-state index is 0.308. The van der Waals surface area contributed by atoms with Gasteiger partial charge in [-0.3, -0.25) is 4.84 Å². The first-order chi connectivity index (χ1) is 13.2. The molecule has 0 radical (unpaired) electrons. The Labute approximate surface area is 173 Å². The van der Waals surface area contributed by atoms with E-state index in [0.717, 1.165) is 38.9 Å². The minimum Gasteiger partial charge on any atom is -0.462 e. The lowest BCUT2D eigenvalue weighted by molar-refractivity contribution is -0.0575. The van der Waals surface area contributed by atoms with E-state index in [9.17, 15) is 22.8 Å². The number of oxime groups is 1. The molecule has 1 amide bonds. The summed E-state index contributed by atoms with van der Waals surface area (Å²) < 4.78 is 43.8. The van der Waals surface area contributed by atoms with Crippen LogP contribution in [0.15, 0.2) is 34.3 Å². The normalized spacial score (nSPS) is 11.9. The third kappa shape index (κ3) is 8.23. The molecule has 156 valence electrons. The Morgan fingerprint density at radius 2 is 1.93 bits per heavy atom. The molecule has 0 aliphatic heterocycles. The highest BCUT2D eigenvalue weighted by Crippen LogP contribution is 2.36. The Hall–Kier alpha value is -1.53. The van der Waals surface area contributed by atoms with Crippen molar-refractivity contribution in [1.29, 1.82) is 0 Å². The molecule has 0 unspecified atom stereocenters. The molecule has 0 aromatic heterocycles. The molecule has 0 bridgehead atoms. The smallest absolute Gasteiger partial charge is 0.446 e. The van der Waals surface area contributed by atoms with Gasteiger partial charge >= 0.3 is 18.2 Å². The van der Waals surface area contributed by atoms with Crippen LogP contribution in [0.25, 0.3) is 0 Å². The number of esters is 1. The van der Waals surface area contributed by atoms with Crippen molar-refractivity contribution >= 4 is 50.6 Å². The van der Waals surface area contributed by atoms with Crippen LogP contribution >= 0.6 is 33.5 Å². The fraction of sp³-hybridized carbons (Fsp3) is 0.438. The molecular weight excluding hydrogens is 437 g/mol. The molecule has 0 aliphatic carbocycles. The van der Waals surface area contributed by atoms with Crippen LogP contribution in [0.4, 0.5) is 18.0 Å². The van der Waals surface area contributed by atoms with Gasteiger partial charge in [0.2, 0.25) is 5.04 Å². The SMILES string of the molecule is CCCCOC(=O)c1ccccc1SSN(C)C(=O)ON=C(SC)C(F)(F)F. The van der Waals surface area contributed by atoms with Crippen LogP contribution in [-0.4, -0.2) is 47.5 Å². The van der Waals surface area contributed by atoms with Crippen molar-refractivity contribution in [3.63, 3.8) is 0 Å². The van der Waals surface area contributed by atoms with Crippen LogP contribution in [0.5, 0.6) is 0 Å². The molecule has 0 heterocycles. The van der Waals surface area contributed by atoms with Crippen LogP contribution in [0, 0.1) is 0 Å². The number of amides is 1. The van der Waals surface area contributed by atoms with E-state index in [1.165, 1.54) is 13.3 Å². The van der Waals surface area contributed by atoms with Gasteiger partial charge in [-0.05, 0) is 35.6 Å². The fourth-order valence-electron chi connectivity index (χ4n) is 1.56. The second kappa shape index (κ2) is 12.1. The van der Waals surface area contributed by atoms with E-state index >= 15 is 0 Å². The Kier molecular flexibility index (Phi) is 10.6. The summed E-state index contributed by atoms with van der Waals surface area (Å²) in [6.45, 7) is 2.28. The summed E-state index contributed by atoms with van der Waals surface area (Å²) in [7, 11) is 3.25. The molecule has 1 aromatic rings. The number of ether oxygens (including phenoxy) is 1. The van der Waals surface area contributed by atoms with Crippen molar-refractivity contribution in [2.75, 3.05) is 19.9 Å². The molecule has 0 fully saturated rings. The van der Waals surface area contributed by atoms with Crippen LogP contribution in [0.3, 0.4) is 0 Å². The van der Waals surface area contributed by atoms with Crippen molar-refractivity contribution in [3.8, 4) is 0 Å². The van der Waals surface area contributed by atoms with Gasteiger partial charge in [0.1, 0.15) is 0 Å². The maximum Gasteiger partial charge on any atom is 0.446 e. The number of halogens is 3. The Bertz CT molecular complexity index is 702.